The monoisotopic (exact) mass is 268 g/mol. The van der Waals surface area contributed by atoms with Crippen molar-refractivity contribution in [2.45, 2.75) is 24.9 Å². The summed E-state index contributed by atoms with van der Waals surface area (Å²) in [6.07, 6.45) is 8.51. The second-order valence-electron chi connectivity index (χ2n) is 6.47. The average molecular weight is 268 g/mol. The van der Waals surface area contributed by atoms with Gasteiger partial charge in [0.25, 0.3) is 0 Å². The quantitative estimate of drug-likeness (QED) is 0.447. The molecule has 3 fully saturated rings. The van der Waals surface area contributed by atoms with E-state index in [1.807, 2.05) is 0 Å². The maximum Gasteiger partial charge on any atom is 0.333 e. The van der Waals surface area contributed by atoms with Gasteiger partial charge in [-0.05, 0) is 54.8 Å². The van der Waals surface area contributed by atoms with Crippen molar-refractivity contribution < 1.29 is 13.6 Å². The lowest BCUT2D eigenvalue weighted by molar-refractivity contribution is 0.181. The van der Waals surface area contributed by atoms with Gasteiger partial charge >= 0.3 is 7.60 Å². The lowest BCUT2D eigenvalue weighted by Gasteiger charge is -2.38. The van der Waals surface area contributed by atoms with Crippen LogP contribution in [-0.4, -0.2) is 19.9 Å². The van der Waals surface area contributed by atoms with Gasteiger partial charge in [0.2, 0.25) is 0 Å². The van der Waals surface area contributed by atoms with E-state index in [-0.39, 0.29) is 5.66 Å². The van der Waals surface area contributed by atoms with Crippen LogP contribution in [-0.2, 0) is 13.6 Å². The van der Waals surface area contributed by atoms with Gasteiger partial charge in [-0.1, -0.05) is 12.2 Å². The van der Waals surface area contributed by atoms with E-state index in [2.05, 4.69) is 12.2 Å². The van der Waals surface area contributed by atoms with Gasteiger partial charge in [-0.2, -0.15) is 0 Å². The smallest absolute Gasteiger partial charge is 0.312 e. The van der Waals surface area contributed by atoms with Crippen LogP contribution in [0.2, 0.25) is 0 Å². The molecule has 0 aromatic carbocycles. The van der Waals surface area contributed by atoms with Crippen molar-refractivity contribution in [1.82, 2.24) is 0 Å². The Balaban J connectivity index is 1.66. The Morgan fingerprint density at radius 3 is 2.33 bits per heavy atom. The largest absolute Gasteiger partial charge is 0.333 e. The fraction of sp³-hybridized carbons (Fsp3) is 0.857. The zero-order chi connectivity index (χ0) is 12.5. The molecular formula is C14H21O3P. The minimum atomic E-state index is -2.87. The van der Waals surface area contributed by atoms with E-state index in [0.717, 1.165) is 36.0 Å². The van der Waals surface area contributed by atoms with Gasteiger partial charge in [0.15, 0.2) is 0 Å². The van der Waals surface area contributed by atoms with Gasteiger partial charge in [0.05, 0.1) is 5.66 Å². The Morgan fingerprint density at radius 2 is 1.67 bits per heavy atom. The molecule has 3 nitrogen and oxygen atoms in total. The molecule has 0 aliphatic heterocycles. The number of rotatable bonds is 3. The summed E-state index contributed by atoms with van der Waals surface area (Å²) in [7, 11) is 0.206. The summed E-state index contributed by atoms with van der Waals surface area (Å²) in [6.45, 7) is 0. The summed E-state index contributed by atoms with van der Waals surface area (Å²) < 4.78 is 23.2. The van der Waals surface area contributed by atoms with E-state index < -0.39 is 7.60 Å². The van der Waals surface area contributed by atoms with Crippen molar-refractivity contribution in [1.29, 1.82) is 0 Å². The number of hydrogen-bond donors (Lipinski definition) is 0. The molecular weight excluding hydrogens is 247 g/mol. The molecule has 0 aromatic heterocycles. The minimum absolute atomic E-state index is 0.159. The third-order valence-corrected chi connectivity index (χ3v) is 8.57. The molecule has 0 radical (unpaired) electrons. The second-order valence-corrected chi connectivity index (χ2v) is 8.94. The molecule has 3 saturated carbocycles. The molecule has 0 amide bonds. The highest BCUT2D eigenvalue weighted by atomic mass is 31.2. The molecule has 0 saturated heterocycles. The summed E-state index contributed by atoms with van der Waals surface area (Å²) in [4.78, 5) is 0. The first-order valence-electron chi connectivity index (χ1n) is 7.07. The number of fused-ring (bicyclic) bond motifs is 9. The zero-order valence-corrected chi connectivity index (χ0v) is 11.9. The topological polar surface area (TPSA) is 35.5 Å². The zero-order valence-electron chi connectivity index (χ0n) is 11.0. The van der Waals surface area contributed by atoms with Crippen LogP contribution < -0.4 is 0 Å². The fourth-order valence-electron chi connectivity index (χ4n) is 5.69. The third-order valence-electron chi connectivity index (χ3n) is 6.15. The van der Waals surface area contributed by atoms with Crippen LogP contribution in [0.4, 0.5) is 0 Å². The first-order valence-corrected chi connectivity index (χ1v) is 8.68. The Hall–Kier alpha value is -0.110. The van der Waals surface area contributed by atoms with Crippen molar-refractivity contribution in [3.63, 3.8) is 0 Å². The fourth-order valence-corrected chi connectivity index (χ4v) is 7.70. The molecule has 0 N–H and O–H groups in total. The van der Waals surface area contributed by atoms with Crippen molar-refractivity contribution >= 4 is 7.60 Å². The molecule has 4 aliphatic carbocycles. The molecule has 0 spiro atoms. The Morgan fingerprint density at radius 1 is 1.00 bits per heavy atom. The van der Waals surface area contributed by atoms with Gasteiger partial charge in [-0.3, -0.25) is 4.57 Å². The molecule has 18 heavy (non-hydrogen) atoms. The Kier molecular flexibility index (Phi) is 2.41. The molecule has 7 unspecified atom stereocenters. The highest BCUT2D eigenvalue weighted by molar-refractivity contribution is 7.54. The van der Waals surface area contributed by atoms with Crippen molar-refractivity contribution in [3.05, 3.63) is 12.2 Å². The molecule has 4 aliphatic rings. The van der Waals surface area contributed by atoms with Gasteiger partial charge < -0.3 is 9.05 Å². The van der Waals surface area contributed by atoms with Crippen molar-refractivity contribution in [2.75, 3.05) is 14.2 Å². The summed E-state index contributed by atoms with van der Waals surface area (Å²) in [6, 6.07) is 0. The molecule has 4 bridgehead atoms. The number of allylic oxidation sites excluding steroid dienone is 2. The predicted octanol–water partition coefficient (Wildman–Crippen LogP) is 3.32. The first-order chi connectivity index (χ1) is 8.68. The maximum atomic E-state index is 12.7. The van der Waals surface area contributed by atoms with E-state index in [1.54, 1.807) is 0 Å². The number of hydrogen-bond acceptors (Lipinski definition) is 3. The van der Waals surface area contributed by atoms with Crippen LogP contribution in [0.25, 0.3) is 0 Å². The SMILES string of the molecule is COP(=O)(OC)C1CC2CC1C1C3C=CC(C3)C21. The predicted molar refractivity (Wildman–Crippen MR) is 69.3 cm³/mol. The summed E-state index contributed by atoms with van der Waals surface area (Å²) in [5.41, 5.74) is 0.159. The van der Waals surface area contributed by atoms with Crippen molar-refractivity contribution in [3.8, 4) is 0 Å². The molecule has 100 valence electrons. The van der Waals surface area contributed by atoms with Crippen LogP contribution >= 0.6 is 7.60 Å². The standard InChI is InChI=1S/C14H21O3P/c1-16-18(15,17-2)12-7-10-6-11(12)14-9-4-3-8(5-9)13(10)14/h3-4,8-14H,5-7H2,1-2H3. The Labute approximate surface area is 108 Å². The molecule has 4 heteroatoms. The molecule has 0 aromatic rings. The third kappa shape index (κ3) is 1.26. The van der Waals surface area contributed by atoms with Gasteiger partial charge in [-0.25, -0.2) is 0 Å². The van der Waals surface area contributed by atoms with Gasteiger partial charge in [0, 0.05) is 14.2 Å². The second kappa shape index (κ2) is 3.71. The molecule has 7 atom stereocenters. The first kappa shape index (κ1) is 11.7. The van der Waals surface area contributed by atoms with Crippen LogP contribution in [0.15, 0.2) is 12.2 Å². The Bertz CT molecular complexity index is 438. The molecule has 4 rings (SSSR count). The van der Waals surface area contributed by atoms with Gasteiger partial charge in [-0.15, -0.1) is 0 Å². The highest BCUT2D eigenvalue weighted by Crippen LogP contribution is 2.72. The van der Waals surface area contributed by atoms with E-state index in [4.69, 9.17) is 9.05 Å². The highest BCUT2D eigenvalue weighted by Gasteiger charge is 2.64. The lowest BCUT2D eigenvalue weighted by atomic mass is 9.73. The van der Waals surface area contributed by atoms with E-state index in [0.29, 0.717) is 5.92 Å². The van der Waals surface area contributed by atoms with Gasteiger partial charge in [0.1, 0.15) is 0 Å². The summed E-state index contributed by atoms with van der Waals surface area (Å²) in [5.74, 6) is 4.56. The molecule has 0 heterocycles. The van der Waals surface area contributed by atoms with Crippen LogP contribution in [0.5, 0.6) is 0 Å². The minimum Gasteiger partial charge on any atom is -0.312 e. The summed E-state index contributed by atoms with van der Waals surface area (Å²) in [5, 5.41) is 0. The van der Waals surface area contributed by atoms with E-state index in [9.17, 15) is 4.57 Å². The summed E-state index contributed by atoms with van der Waals surface area (Å²) >= 11 is 0. The van der Waals surface area contributed by atoms with E-state index in [1.165, 1.54) is 27.1 Å². The van der Waals surface area contributed by atoms with Crippen molar-refractivity contribution in [2.24, 2.45) is 35.5 Å². The van der Waals surface area contributed by atoms with Crippen LogP contribution in [0.3, 0.4) is 0 Å². The van der Waals surface area contributed by atoms with E-state index >= 15 is 0 Å². The van der Waals surface area contributed by atoms with Crippen LogP contribution in [0.1, 0.15) is 19.3 Å². The van der Waals surface area contributed by atoms with Crippen LogP contribution in [0, 0.1) is 35.5 Å². The maximum absolute atomic E-state index is 12.7. The normalized spacial score (nSPS) is 52.2. The average Bonchev–Trinajstić information content (AvgIpc) is 3.13. The lowest BCUT2D eigenvalue weighted by Crippen LogP contribution is -2.34.